The maximum Gasteiger partial charge on any atom is 0.323 e. The molecule has 1 N–H and O–H groups in total. The van der Waals surface area contributed by atoms with Crippen LogP contribution >= 0.6 is 0 Å². The lowest BCUT2D eigenvalue weighted by Gasteiger charge is -2.25. The summed E-state index contributed by atoms with van der Waals surface area (Å²) in [7, 11) is 1.48. The van der Waals surface area contributed by atoms with Crippen molar-refractivity contribution in [2.75, 3.05) is 26.7 Å². The highest BCUT2D eigenvalue weighted by Crippen LogP contribution is 2.33. The van der Waals surface area contributed by atoms with E-state index in [9.17, 15) is 4.79 Å². The minimum atomic E-state index is -0.0893. The second-order valence-electron chi connectivity index (χ2n) is 5.17. The number of likely N-dealkylation sites (tertiary alicyclic amines) is 1. The molecule has 1 heterocycles. The van der Waals surface area contributed by atoms with Crippen molar-refractivity contribution in [3.05, 3.63) is 0 Å². The van der Waals surface area contributed by atoms with Crippen molar-refractivity contribution in [3.63, 3.8) is 0 Å². The van der Waals surface area contributed by atoms with Gasteiger partial charge in [-0.25, -0.2) is 0 Å². The van der Waals surface area contributed by atoms with E-state index in [1.165, 1.54) is 26.5 Å². The summed E-state index contributed by atoms with van der Waals surface area (Å²) in [4.78, 5) is 14.1. The van der Waals surface area contributed by atoms with Gasteiger partial charge in [0.05, 0.1) is 7.11 Å². The molecular formula is C13H24N2O2. The summed E-state index contributed by atoms with van der Waals surface area (Å²) >= 11 is 0. The molecule has 0 aromatic carbocycles. The Morgan fingerprint density at radius 3 is 2.82 bits per heavy atom. The highest BCUT2D eigenvalue weighted by molar-refractivity contribution is 5.76. The molecule has 1 aliphatic carbocycles. The average molecular weight is 240 g/mol. The topological polar surface area (TPSA) is 41.6 Å². The summed E-state index contributed by atoms with van der Waals surface area (Å²) in [6.07, 6.45) is 4.86. The fourth-order valence-corrected chi connectivity index (χ4v) is 2.80. The molecular weight excluding hydrogens is 216 g/mol. The van der Waals surface area contributed by atoms with E-state index in [0.29, 0.717) is 12.0 Å². The van der Waals surface area contributed by atoms with Crippen molar-refractivity contribution in [2.24, 2.45) is 5.92 Å². The molecule has 0 spiro atoms. The quantitative estimate of drug-likeness (QED) is 0.704. The van der Waals surface area contributed by atoms with E-state index in [4.69, 9.17) is 4.74 Å². The lowest BCUT2D eigenvalue weighted by molar-refractivity contribution is -0.143. The number of methoxy groups -OCH3 is 1. The molecule has 4 heteroatoms. The number of nitrogens with one attached hydrogen (secondary N) is 1. The van der Waals surface area contributed by atoms with Crippen LogP contribution in [0.25, 0.3) is 0 Å². The number of likely N-dealkylation sites (N-methyl/N-ethyl adjacent to an activating group) is 1. The lowest BCUT2D eigenvalue weighted by atomic mass is 10.1. The first-order valence-electron chi connectivity index (χ1n) is 6.81. The van der Waals surface area contributed by atoms with E-state index < -0.39 is 0 Å². The third-order valence-electron chi connectivity index (χ3n) is 4.03. The molecule has 2 aliphatic rings. The molecule has 2 atom stereocenters. The van der Waals surface area contributed by atoms with Gasteiger partial charge in [-0.2, -0.15) is 0 Å². The van der Waals surface area contributed by atoms with Crippen molar-refractivity contribution < 1.29 is 9.53 Å². The van der Waals surface area contributed by atoms with Gasteiger partial charge in [0.25, 0.3) is 0 Å². The van der Waals surface area contributed by atoms with Crippen LogP contribution in [0.5, 0.6) is 0 Å². The molecule has 1 aliphatic heterocycles. The zero-order valence-electron chi connectivity index (χ0n) is 10.9. The molecule has 1 saturated heterocycles. The molecule has 2 rings (SSSR count). The number of carbonyl (C=O) groups is 1. The molecule has 17 heavy (non-hydrogen) atoms. The molecule has 0 radical (unpaired) electrons. The molecule has 2 unspecified atom stereocenters. The Labute approximate surface area is 104 Å². The van der Waals surface area contributed by atoms with Gasteiger partial charge in [-0.15, -0.1) is 0 Å². The molecule has 0 bridgehead atoms. The normalized spacial score (nSPS) is 27.1. The summed E-state index contributed by atoms with van der Waals surface area (Å²) in [5.41, 5.74) is 0. The maximum atomic E-state index is 11.7. The first kappa shape index (κ1) is 12.8. The molecule has 0 aromatic rings. The van der Waals surface area contributed by atoms with Crippen molar-refractivity contribution >= 4 is 5.97 Å². The number of hydrogen-bond donors (Lipinski definition) is 1. The molecule has 1 saturated carbocycles. The van der Waals surface area contributed by atoms with Crippen LogP contribution in [0.15, 0.2) is 0 Å². The molecule has 2 fully saturated rings. The molecule has 0 amide bonds. The zero-order chi connectivity index (χ0) is 12.3. The highest BCUT2D eigenvalue weighted by atomic mass is 16.5. The standard InChI is InChI=1S/C13H24N2O2/c1-3-15-8-4-5-11(15)9-14-12(10-6-7-10)13(16)17-2/h10-12,14H,3-9H2,1-2H3. The Kier molecular flexibility index (Phi) is 4.40. The minimum absolute atomic E-state index is 0.0701. The first-order chi connectivity index (χ1) is 8.26. The molecule has 4 nitrogen and oxygen atoms in total. The van der Waals surface area contributed by atoms with E-state index in [1.807, 2.05) is 0 Å². The van der Waals surface area contributed by atoms with Crippen LogP contribution in [0.3, 0.4) is 0 Å². The highest BCUT2D eigenvalue weighted by Gasteiger charge is 2.37. The van der Waals surface area contributed by atoms with Gasteiger partial charge in [-0.1, -0.05) is 6.92 Å². The van der Waals surface area contributed by atoms with Crippen LogP contribution in [-0.2, 0) is 9.53 Å². The van der Waals surface area contributed by atoms with Gasteiger partial charge in [0.15, 0.2) is 0 Å². The average Bonchev–Trinajstić information content (AvgIpc) is 3.07. The monoisotopic (exact) mass is 240 g/mol. The summed E-state index contributed by atoms with van der Waals surface area (Å²) in [5.74, 6) is 0.424. The van der Waals surface area contributed by atoms with Crippen molar-refractivity contribution in [2.45, 2.75) is 44.7 Å². The fraction of sp³-hybridized carbons (Fsp3) is 0.923. The third-order valence-corrected chi connectivity index (χ3v) is 4.03. The summed E-state index contributed by atoms with van der Waals surface area (Å²) in [6.45, 7) is 5.44. The van der Waals surface area contributed by atoms with Crippen molar-refractivity contribution in [1.29, 1.82) is 0 Å². The Morgan fingerprint density at radius 1 is 1.47 bits per heavy atom. The number of carbonyl (C=O) groups excluding carboxylic acids is 1. The van der Waals surface area contributed by atoms with Gasteiger partial charge in [-0.05, 0) is 44.7 Å². The van der Waals surface area contributed by atoms with Crippen LogP contribution in [0, 0.1) is 5.92 Å². The van der Waals surface area contributed by atoms with Gasteiger partial charge < -0.3 is 10.1 Å². The van der Waals surface area contributed by atoms with Gasteiger partial charge >= 0.3 is 5.97 Å². The van der Waals surface area contributed by atoms with Gasteiger partial charge in [-0.3, -0.25) is 9.69 Å². The van der Waals surface area contributed by atoms with Crippen LogP contribution < -0.4 is 5.32 Å². The van der Waals surface area contributed by atoms with Gasteiger partial charge in [0, 0.05) is 12.6 Å². The maximum absolute atomic E-state index is 11.7. The first-order valence-corrected chi connectivity index (χ1v) is 6.81. The smallest absolute Gasteiger partial charge is 0.323 e. The van der Waals surface area contributed by atoms with E-state index in [2.05, 4.69) is 17.1 Å². The van der Waals surface area contributed by atoms with Crippen molar-refractivity contribution in [3.8, 4) is 0 Å². The summed E-state index contributed by atoms with van der Waals surface area (Å²) < 4.78 is 4.87. The van der Waals surface area contributed by atoms with Crippen molar-refractivity contribution in [1.82, 2.24) is 10.2 Å². The second kappa shape index (κ2) is 5.83. The second-order valence-corrected chi connectivity index (χ2v) is 5.17. The predicted octanol–water partition coefficient (Wildman–Crippen LogP) is 1.01. The van der Waals surface area contributed by atoms with Crippen LogP contribution in [0.4, 0.5) is 0 Å². The summed E-state index contributed by atoms with van der Waals surface area (Å²) in [6, 6.07) is 0.533. The minimum Gasteiger partial charge on any atom is -0.468 e. The third kappa shape index (κ3) is 3.19. The molecule has 98 valence electrons. The number of ether oxygens (including phenoxy) is 1. The van der Waals surface area contributed by atoms with E-state index in [0.717, 1.165) is 25.9 Å². The Bertz CT molecular complexity index is 266. The number of rotatable bonds is 6. The Hall–Kier alpha value is -0.610. The zero-order valence-corrected chi connectivity index (χ0v) is 10.9. The number of esters is 1. The Balaban J connectivity index is 1.80. The van der Waals surface area contributed by atoms with Crippen LogP contribution in [0.1, 0.15) is 32.6 Å². The SMILES string of the molecule is CCN1CCCC1CNC(C(=O)OC)C1CC1. The van der Waals surface area contributed by atoms with E-state index in [1.54, 1.807) is 0 Å². The van der Waals surface area contributed by atoms with E-state index in [-0.39, 0.29) is 12.0 Å². The van der Waals surface area contributed by atoms with Gasteiger partial charge in [0.1, 0.15) is 6.04 Å². The fourth-order valence-electron chi connectivity index (χ4n) is 2.80. The predicted molar refractivity (Wildman–Crippen MR) is 66.8 cm³/mol. The Morgan fingerprint density at radius 2 is 2.24 bits per heavy atom. The van der Waals surface area contributed by atoms with Crippen LogP contribution in [-0.4, -0.2) is 49.7 Å². The molecule has 0 aromatic heterocycles. The number of hydrogen-bond acceptors (Lipinski definition) is 4. The van der Waals surface area contributed by atoms with Crippen LogP contribution in [0.2, 0.25) is 0 Å². The van der Waals surface area contributed by atoms with E-state index >= 15 is 0 Å². The van der Waals surface area contributed by atoms with Gasteiger partial charge in [0.2, 0.25) is 0 Å². The lowest BCUT2D eigenvalue weighted by Crippen LogP contribution is -2.46. The number of nitrogens with zero attached hydrogens (tertiary/aromatic N) is 1. The largest absolute Gasteiger partial charge is 0.468 e. The summed E-state index contributed by atoms with van der Waals surface area (Å²) in [5, 5.41) is 3.42.